The van der Waals surface area contributed by atoms with E-state index < -0.39 is 0 Å². The maximum absolute atomic E-state index is 5.07. The Kier molecular flexibility index (Phi) is 13.4. The van der Waals surface area contributed by atoms with Crippen LogP contribution in [0.25, 0.3) is 112 Å². The molecule has 10 heteroatoms. The van der Waals surface area contributed by atoms with E-state index in [1.807, 2.05) is 70.8 Å². The van der Waals surface area contributed by atoms with Gasteiger partial charge < -0.3 is 24.9 Å². The molecule has 0 spiro atoms. The van der Waals surface area contributed by atoms with Crippen molar-refractivity contribution in [3.05, 3.63) is 248 Å². The summed E-state index contributed by atoms with van der Waals surface area (Å²) in [5.41, 5.74) is 21.8. The number of aryl methyl sites for hydroxylation is 4. The van der Waals surface area contributed by atoms with Gasteiger partial charge in [0.2, 0.25) is 0 Å². The van der Waals surface area contributed by atoms with Gasteiger partial charge in [-0.3, -0.25) is 9.36 Å². The molecule has 12 rings (SSSR count). The molecule has 360 valence electrons. The van der Waals surface area contributed by atoms with Crippen molar-refractivity contribution < 1.29 is 20.1 Å². The van der Waals surface area contributed by atoms with Crippen LogP contribution >= 0.6 is 0 Å². The third kappa shape index (κ3) is 9.80. The smallest absolute Gasteiger partial charge is 0.371 e. The molecule has 12 aromatic rings. The molecule has 0 atom stereocenters. The quantitative estimate of drug-likeness (QED) is 0.119. The Hall–Kier alpha value is -9.08. The Morgan fingerprint density at radius 2 is 0.787 bits per heavy atom. The molecule has 0 unspecified atom stereocenters. The number of pyridine rings is 1. The number of benzene rings is 7. The second-order valence-corrected chi connectivity index (χ2v) is 18.3. The standard InChI is InChI=1S/C65H46N9.Ir/c1-42-64(38-66-44(3)71-42)73-40-55(36-69-73)61-23-12-10-21-59(61)53-32-52(33-54(34-53)60-22-11-13-24-62(60)56-37-70-74(41-56)65-39-67-45(4)72-43(65)2)58-20-9-8-19-57(58)51-29-30-63(68-35-51)50-18-14-17-49(31-50)48-27-25-47(26-28-48)46-15-6-5-7-16-46;/h5-17,19-37,40-41H,1-4H3;/q-3;+3. The first-order valence-corrected chi connectivity index (χ1v) is 24.4. The molecule has 5 aromatic heterocycles. The third-order valence-electron chi connectivity index (χ3n) is 13.4. The summed E-state index contributed by atoms with van der Waals surface area (Å²) >= 11 is 0. The van der Waals surface area contributed by atoms with Crippen molar-refractivity contribution in [3.63, 3.8) is 0 Å². The van der Waals surface area contributed by atoms with Crippen LogP contribution < -0.4 is 0 Å². The monoisotopic (exact) mass is 1150 g/mol. The number of hydrogen-bond acceptors (Lipinski definition) is 7. The van der Waals surface area contributed by atoms with E-state index in [-0.39, 0.29) is 20.1 Å². The van der Waals surface area contributed by atoms with E-state index in [1.165, 1.54) is 11.1 Å². The molecule has 0 N–H and O–H groups in total. The fourth-order valence-corrected chi connectivity index (χ4v) is 9.72. The molecule has 0 bridgehead atoms. The van der Waals surface area contributed by atoms with E-state index in [9.17, 15) is 0 Å². The summed E-state index contributed by atoms with van der Waals surface area (Å²) in [6, 6.07) is 65.6. The Morgan fingerprint density at radius 1 is 0.373 bits per heavy atom. The van der Waals surface area contributed by atoms with Crippen molar-refractivity contribution in [1.29, 1.82) is 0 Å². The summed E-state index contributed by atoms with van der Waals surface area (Å²) in [6.45, 7) is 7.64. The summed E-state index contributed by atoms with van der Waals surface area (Å²) < 4.78 is 3.60. The molecule has 5 heterocycles. The molecule has 0 saturated heterocycles. The van der Waals surface area contributed by atoms with Gasteiger partial charge in [-0.05, 0) is 119 Å². The second-order valence-electron chi connectivity index (χ2n) is 18.3. The molecule has 75 heavy (non-hydrogen) atoms. The Balaban J connectivity index is 0.00000602. The van der Waals surface area contributed by atoms with E-state index in [0.29, 0.717) is 23.0 Å². The molecule has 0 aliphatic carbocycles. The summed E-state index contributed by atoms with van der Waals surface area (Å²) in [4.78, 5) is 22.9. The molecule has 7 aromatic carbocycles. The molecular weight excluding hydrogens is 1100 g/mol. The fraction of sp³-hybridized carbons (Fsp3) is 0.0615. The van der Waals surface area contributed by atoms with Gasteiger partial charge in [-0.1, -0.05) is 180 Å². The molecule has 0 saturated carbocycles. The van der Waals surface area contributed by atoms with Crippen molar-refractivity contribution in [1.82, 2.24) is 44.5 Å². The fourth-order valence-electron chi connectivity index (χ4n) is 9.72. The van der Waals surface area contributed by atoms with Crippen LogP contribution in [-0.2, 0) is 20.1 Å². The zero-order chi connectivity index (χ0) is 50.1. The molecule has 0 amide bonds. The van der Waals surface area contributed by atoms with Gasteiger partial charge in [0.05, 0.1) is 12.4 Å². The van der Waals surface area contributed by atoms with E-state index in [2.05, 4.69) is 202 Å². The van der Waals surface area contributed by atoms with Gasteiger partial charge in [0.1, 0.15) is 0 Å². The van der Waals surface area contributed by atoms with E-state index in [4.69, 9.17) is 15.2 Å². The first kappa shape index (κ1) is 48.2. The van der Waals surface area contributed by atoms with Crippen LogP contribution in [0.15, 0.2) is 207 Å². The van der Waals surface area contributed by atoms with Gasteiger partial charge in [0.25, 0.3) is 0 Å². The van der Waals surface area contributed by atoms with Gasteiger partial charge in [0, 0.05) is 41.4 Å². The maximum Gasteiger partial charge on any atom is 3.00 e. The SMILES string of the molecule is Cc1n[c-]c(-n2cc(-c3ccccc3-c3cc(-c4ccccc4-c4ccc(-c5[c-]ccc(-c6ccc(-c7ccccc7)cc6)c5)nc4)cc(-c4ccccc4-c4cnn(-c5[c-]nc(C)nc5C)c4)c3)cn2)c(C)n1.[Ir+3]. The Labute approximate surface area is 449 Å². The first-order chi connectivity index (χ1) is 36.3. The van der Waals surface area contributed by atoms with Crippen molar-refractivity contribution >= 4 is 0 Å². The van der Waals surface area contributed by atoms with Crippen molar-refractivity contribution in [2.45, 2.75) is 27.7 Å². The van der Waals surface area contributed by atoms with Crippen molar-refractivity contribution in [2.75, 3.05) is 0 Å². The van der Waals surface area contributed by atoms with E-state index in [0.717, 1.165) is 101 Å². The van der Waals surface area contributed by atoms with Gasteiger partial charge in [-0.15, -0.1) is 35.4 Å². The van der Waals surface area contributed by atoms with Gasteiger partial charge in [0.15, 0.2) is 0 Å². The second kappa shape index (κ2) is 20.8. The van der Waals surface area contributed by atoms with Crippen LogP contribution in [0.3, 0.4) is 0 Å². The Morgan fingerprint density at radius 3 is 1.24 bits per heavy atom. The molecule has 9 nitrogen and oxygen atoms in total. The van der Waals surface area contributed by atoms with Crippen LogP contribution in [0.4, 0.5) is 0 Å². The maximum atomic E-state index is 5.07. The molecule has 0 aliphatic rings. The minimum absolute atomic E-state index is 0. The van der Waals surface area contributed by atoms with Crippen LogP contribution in [0.5, 0.6) is 0 Å². The van der Waals surface area contributed by atoms with Crippen LogP contribution in [-0.4, -0.2) is 44.5 Å². The predicted octanol–water partition coefficient (Wildman–Crippen LogP) is 14.7. The molecule has 0 aliphatic heterocycles. The number of nitrogens with zero attached hydrogens (tertiary/aromatic N) is 9. The summed E-state index contributed by atoms with van der Waals surface area (Å²) in [6.07, 6.45) is 16.1. The number of rotatable bonds is 11. The summed E-state index contributed by atoms with van der Waals surface area (Å²) in [5, 5.41) is 9.56. The molecule has 0 radical (unpaired) electrons. The normalized spacial score (nSPS) is 11.1. The van der Waals surface area contributed by atoms with Gasteiger partial charge >= 0.3 is 20.1 Å². The number of aromatic nitrogens is 9. The summed E-state index contributed by atoms with van der Waals surface area (Å²) in [7, 11) is 0. The number of hydrogen-bond donors (Lipinski definition) is 0. The molecule has 0 fully saturated rings. The van der Waals surface area contributed by atoms with Gasteiger partial charge in [-0.25, -0.2) is 0 Å². The van der Waals surface area contributed by atoms with Crippen molar-refractivity contribution in [3.8, 4) is 112 Å². The first-order valence-electron chi connectivity index (χ1n) is 24.4. The topological polar surface area (TPSA) is 100 Å². The zero-order valence-electron chi connectivity index (χ0n) is 41.5. The van der Waals surface area contributed by atoms with E-state index >= 15 is 0 Å². The van der Waals surface area contributed by atoms with Crippen LogP contribution in [0.2, 0.25) is 0 Å². The average molecular weight is 1150 g/mol. The largest absolute Gasteiger partial charge is 3.00 e. The molecular formula is C65H46IrN9. The van der Waals surface area contributed by atoms with Crippen LogP contribution in [0.1, 0.15) is 23.0 Å². The van der Waals surface area contributed by atoms with Crippen molar-refractivity contribution in [2.24, 2.45) is 0 Å². The zero-order valence-corrected chi connectivity index (χ0v) is 43.9. The minimum Gasteiger partial charge on any atom is -0.371 e. The third-order valence-corrected chi connectivity index (χ3v) is 13.4. The summed E-state index contributed by atoms with van der Waals surface area (Å²) in [5.74, 6) is 1.34. The van der Waals surface area contributed by atoms with Crippen LogP contribution in [0, 0.1) is 46.2 Å². The average Bonchev–Trinajstić information content (AvgIpc) is 4.15. The minimum atomic E-state index is 0. The Bertz CT molecular complexity index is 3860. The predicted molar refractivity (Wildman–Crippen MR) is 294 cm³/mol. The van der Waals surface area contributed by atoms with E-state index in [1.54, 1.807) is 9.36 Å². The van der Waals surface area contributed by atoms with Gasteiger partial charge in [-0.2, -0.15) is 10.2 Å².